The van der Waals surface area contributed by atoms with Gasteiger partial charge >= 0.3 is 0 Å². The molecule has 0 saturated heterocycles. The summed E-state index contributed by atoms with van der Waals surface area (Å²) in [5.74, 6) is 0.950. The van der Waals surface area contributed by atoms with Gasteiger partial charge in [0.25, 0.3) is 0 Å². The Labute approximate surface area is 125 Å². The van der Waals surface area contributed by atoms with Crippen molar-refractivity contribution in [3.63, 3.8) is 0 Å². The molecule has 1 heterocycles. The summed E-state index contributed by atoms with van der Waals surface area (Å²) in [6.45, 7) is 5.72. The highest BCUT2D eigenvalue weighted by molar-refractivity contribution is 5.77. The quantitative estimate of drug-likeness (QED) is 0.870. The molecule has 0 aliphatic heterocycles. The molecular weight excluding hydrogens is 270 g/mol. The lowest BCUT2D eigenvalue weighted by Gasteiger charge is -2.32. The van der Waals surface area contributed by atoms with E-state index in [1.165, 1.54) is 0 Å². The van der Waals surface area contributed by atoms with Crippen LogP contribution in [-0.2, 0) is 4.79 Å². The van der Waals surface area contributed by atoms with E-state index in [4.69, 9.17) is 4.52 Å². The van der Waals surface area contributed by atoms with Crippen LogP contribution in [0.2, 0.25) is 0 Å². The molecule has 1 atom stereocenters. The second-order valence-electron chi connectivity index (χ2n) is 6.43. The SMILES string of the molecule is Cc1noc(C(NC(=O)CC2(O)CCCCC2)C(C)C)n1. The molecule has 1 aromatic heterocycles. The predicted molar refractivity (Wildman–Crippen MR) is 77.4 cm³/mol. The second-order valence-corrected chi connectivity index (χ2v) is 6.43. The molecule has 0 bridgehead atoms. The summed E-state index contributed by atoms with van der Waals surface area (Å²) in [6.07, 6.45) is 4.66. The van der Waals surface area contributed by atoms with Crippen LogP contribution in [0.5, 0.6) is 0 Å². The molecule has 2 rings (SSSR count). The molecule has 6 nitrogen and oxygen atoms in total. The Bertz CT molecular complexity index is 478. The van der Waals surface area contributed by atoms with Crippen LogP contribution in [0.1, 0.15) is 70.1 Å². The predicted octanol–water partition coefficient (Wildman–Crippen LogP) is 2.28. The van der Waals surface area contributed by atoms with E-state index >= 15 is 0 Å². The standard InChI is InChI=1S/C15H25N3O3/c1-10(2)13(14-16-11(3)18-21-14)17-12(19)9-15(20)7-5-4-6-8-15/h10,13,20H,4-9H2,1-3H3,(H,17,19). The number of carbonyl (C=O) groups excluding carboxylic acids is 1. The number of aryl methyl sites for hydroxylation is 1. The van der Waals surface area contributed by atoms with Crippen molar-refractivity contribution in [3.8, 4) is 0 Å². The number of nitrogens with one attached hydrogen (secondary N) is 1. The van der Waals surface area contributed by atoms with Crippen molar-refractivity contribution in [2.45, 2.75) is 70.9 Å². The fourth-order valence-corrected chi connectivity index (χ4v) is 2.86. The third-order valence-electron chi connectivity index (χ3n) is 4.07. The molecule has 2 N–H and O–H groups in total. The van der Waals surface area contributed by atoms with Crippen LogP contribution in [0, 0.1) is 12.8 Å². The van der Waals surface area contributed by atoms with Gasteiger partial charge in [0.15, 0.2) is 5.82 Å². The Morgan fingerprint density at radius 2 is 2.05 bits per heavy atom. The Balaban J connectivity index is 1.98. The van der Waals surface area contributed by atoms with Crippen molar-refractivity contribution in [2.24, 2.45) is 5.92 Å². The molecule has 0 radical (unpaired) electrons. The van der Waals surface area contributed by atoms with Gasteiger partial charge in [-0.15, -0.1) is 0 Å². The fraction of sp³-hybridized carbons (Fsp3) is 0.800. The second kappa shape index (κ2) is 6.56. The molecule has 0 aromatic carbocycles. The summed E-state index contributed by atoms with van der Waals surface area (Å²) in [7, 11) is 0. The van der Waals surface area contributed by atoms with Crippen LogP contribution in [0.4, 0.5) is 0 Å². The van der Waals surface area contributed by atoms with E-state index in [-0.39, 0.29) is 24.3 Å². The zero-order valence-electron chi connectivity index (χ0n) is 13.1. The van der Waals surface area contributed by atoms with Crippen LogP contribution in [-0.4, -0.2) is 26.8 Å². The first kappa shape index (κ1) is 15.9. The lowest BCUT2D eigenvalue weighted by atomic mass is 9.82. The van der Waals surface area contributed by atoms with E-state index in [0.29, 0.717) is 24.6 Å². The molecule has 1 aliphatic rings. The van der Waals surface area contributed by atoms with Gasteiger partial charge in [0, 0.05) is 0 Å². The lowest BCUT2D eigenvalue weighted by molar-refractivity contribution is -0.128. The summed E-state index contributed by atoms with van der Waals surface area (Å²) in [4.78, 5) is 16.4. The van der Waals surface area contributed by atoms with Gasteiger partial charge in [0.1, 0.15) is 6.04 Å². The number of hydrogen-bond donors (Lipinski definition) is 2. The maximum absolute atomic E-state index is 12.3. The van der Waals surface area contributed by atoms with Crippen molar-refractivity contribution in [1.29, 1.82) is 0 Å². The van der Waals surface area contributed by atoms with E-state index < -0.39 is 5.60 Å². The van der Waals surface area contributed by atoms with E-state index in [2.05, 4.69) is 15.5 Å². The molecule has 1 aromatic rings. The van der Waals surface area contributed by atoms with E-state index in [0.717, 1.165) is 19.3 Å². The number of carbonyl (C=O) groups is 1. The number of nitrogens with zero attached hydrogens (tertiary/aromatic N) is 2. The summed E-state index contributed by atoms with van der Waals surface area (Å²) in [6, 6.07) is -0.314. The molecule has 0 spiro atoms. The van der Waals surface area contributed by atoms with Crippen LogP contribution >= 0.6 is 0 Å². The van der Waals surface area contributed by atoms with Crippen LogP contribution < -0.4 is 5.32 Å². The number of aromatic nitrogens is 2. The summed E-state index contributed by atoms with van der Waals surface area (Å²) in [5, 5.41) is 17.1. The number of hydrogen-bond acceptors (Lipinski definition) is 5. The third kappa shape index (κ3) is 4.27. The van der Waals surface area contributed by atoms with E-state index in [1.807, 2.05) is 13.8 Å². The minimum absolute atomic E-state index is 0.134. The lowest BCUT2D eigenvalue weighted by Crippen LogP contribution is -2.40. The molecule has 1 saturated carbocycles. The van der Waals surface area contributed by atoms with Gasteiger partial charge in [-0.1, -0.05) is 38.3 Å². The smallest absolute Gasteiger partial charge is 0.249 e. The van der Waals surface area contributed by atoms with Crippen LogP contribution in [0.15, 0.2) is 4.52 Å². The van der Waals surface area contributed by atoms with Gasteiger partial charge in [-0.2, -0.15) is 4.98 Å². The van der Waals surface area contributed by atoms with E-state index in [9.17, 15) is 9.90 Å². The monoisotopic (exact) mass is 295 g/mol. The number of amides is 1. The highest BCUT2D eigenvalue weighted by atomic mass is 16.5. The van der Waals surface area contributed by atoms with Crippen LogP contribution in [0.25, 0.3) is 0 Å². The van der Waals surface area contributed by atoms with E-state index in [1.54, 1.807) is 6.92 Å². The zero-order chi connectivity index (χ0) is 15.5. The maximum Gasteiger partial charge on any atom is 0.249 e. The first-order valence-corrected chi connectivity index (χ1v) is 7.71. The molecule has 1 amide bonds. The molecule has 1 unspecified atom stereocenters. The summed E-state index contributed by atoms with van der Waals surface area (Å²) in [5.41, 5.74) is -0.853. The molecule has 1 aliphatic carbocycles. The Morgan fingerprint density at radius 3 is 2.57 bits per heavy atom. The Hall–Kier alpha value is -1.43. The minimum atomic E-state index is -0.853. The fourth-order valence-electron chi connectivity index (χ4n) is 2.86. The summed E-state index contributed by atoms with van der Waals surface area (Å²) < 4.78 is 5.17. The maximum atomic E-state index is 12.3. The highest BCUT2D eigenvalue weighted by Gasteiger charge is 2.33. The minimum Gasteiger partial charge on any atom is -0.389 e. The molecule has 6 heteroatoms. The number of rotatable bonds is 5. The molecule has 1 fully saturated rings. The molecule has 118 valence electrons. The summed E-state index contributed by atoms with van der Waals surface area (Å²) >= 11 is 0. The average Bonchev–Trinajstić information content (AvgIpc) is 2.82. The Kier molecular flexibility index (Phi) is 4.98. The number of aliphatic hydroxyl groups is 1. The van der Waals surface area contributed by atoms with Gasteiger partial charge in [0.2, 0.25) is 11.8 Å². The third-order valence-corrected chi connectivity index (χ3v) is 4.07. The largest absolute Gasteiger partial charge is 0.389 e. The van der Waals surface area contributed by atoms with Gasteiger partial charge in [-0.3, -0.25) is 4.79 Å². The topological polar surface area (TPSA) is 88.2 Å². The first-order chi connectivity index (χ1) is 9.89. The first-order valence-electron chi connectivity index (χ1n) is 7.71. The average molecular weight is 295 g/mol. The Morgan fingerprint density at radius 1 is 1.38 bits per heavy atom. The van der Waals surface area contributed by atoms with Gasteiger partial charge < -0.3 is 14.9 Å². The van der Waals surface area contributed by atoms with Crippen molar-refractivity contribution >= 4 is 5.91 Å². The van der Waals surface area contributed by atoms with Crippen LogP contribution in [0.3, 0.4) is 0 Å². The van der Waals surface area contributed by atoms with Crippen molar-refractivity contribution in [3.05, 3.63) is 11.7 Å². The van der Waals surface area contributed by atoms with Crippen molar-refractivity contribution in [2.75, 3.05) is 0 Å². The van der Waals surface area contributed by atoms with Crippen molar-refractivity contribution in [1.82, 2.24) is 15.5 Å². The molecule has 21 heavy (non-hydrogen) atoms. The van der Waals surface area contributed by atoms with Crippen molar-refractivity contribution < 1.29 is 14.4 Å². The van der Waals surface area contributed by atoms with Gasteiger partial charge in [0.05, 0.1) is 12.0 Å². The molecular formula is C15H25N3O3. The van der Waals surface area contributed by atoms with Gasteiger partial charge in [-0.05, 0) is 25.7 Å². The van der Waals surface area contributed by atoms with Gasteiger partial charge in [-0.25, -0.2) is 0 Å². The normalized spacial score (nSPS) is 19.5. The zero-order valence-corrected chi connectivity index (χ0v) is 13.1. The highest BCUT2D eigenvalue weighted by Crippen LogP contribution is 2.31.